The van der Waals surface area contributed by atoms with Crippen LogP contribution in [0.3, 0.4) is 0 Å². The van der Waals surface area contributed by atoms with Gasteiger partial charge in [0.15, 0.2) is 0 Å². The molecule has 1 unspecified atom stereocenters. The molecular formula is C13H17ClN4O2. The zero-order chi connectivity index (χ0) is 14.5. The van der Waals surface area contributed by atoms with Crippen molar-refractivity contribution in [1.29, 1.82) is 0 Å². The maximum absolute atomic E-state index is 12.2. The molecule has 1 aliphatic heterocycles. The number of aromatic nitrogens is 1. The fraction of sp³-hybridized carbons (Fsp3) is 0.462. The maximum atomic E-state index is 12.2. The third-order valence-electron chi connectivity index (χ3n) is 2.97. The Hall–Kier alpha value is -1.82. The van der Waals surface area contributed by atoms with Gasteiger partial charge in [0.25, 0.3) is 5.91 Å². The summed E-state index contributed by atoms with van der Waals surface area (Å²) < 4.78 is 0. The fourth-order valence-electron chi connectivity index (χ4n) is 1.93. The Morgan fingerprint density at radius 2 is 2.40 bits per heavy atom. The Morgan fingerprint density at radius 1 is 1.60 bits per heavy atom. The lowest BCUT2D eigenvalue weighted by molar-refractivity contribution is -0.119. The predicted molar refractivity (Wildman–Crippen MR) is 76.9 cm³/mol. The van der Waals surface area contributed by atoms with E-state index in [0.717, 1.165) is 13.0 Å². The van der Waals surface area contributed by atoms with Crippen molar-refractivity contribution in [2.24, 2.45) is 0 Å². The van der Waals surface area contributed by atoms with Crippen LogP contribution in [0.2, 0.25) is 5.02 Å². The molecule has 6 nitrogen and oxygen atoms in total. The average Bonchev–Trinajstić information content (AvgIpc) is 2.83. The van der Waals surface area contributed by atoms with Crippen molar-refractivity contribution < 1.29 is 9.59 Å². The molecule has 0 radical (unpaired) electrons. The van der Waals surface area contributed by atoms with E-state index in [9.17, 15) is 9.59 Å². The normalized spacial score (nSPS) is 17.7. The van der Waals surface area contributed by atoms with E-state index in [-0.39, 0.29) is 17.9 Å². The van der Waals surface area contributed by atoms with Gasteiger partial charge in [-0.25, -0.2) is 4.98 Å². The van der Waals surface area contributed by atoms with E-state index in [4.69, 9.17) is 11.6 Å². The van der Waals surface area contributed by atoms with E-state index in [2.05, 4.69) is 20.9 Å². The molecule has 1 aromatic rings. The highest BCUT2D eigenvalue weighted by atomic mass is 35.5. The molecule has 1 saturated heterocycles. The molecule has 0 aliphatic carbocycles. The minimum absolute atomic E-state index is 0.0542. The largest absolute Gasteiger partial charge is 0.370 e. The lowest BCUT2D eigenvalue weighted by atomic mass is 10.2. The molecule has 108 valence electrons. The van der Waals surface area contributed by atoms with Gasteiger partial charge in [-0.2, -0.15) is 0 Å². The summed E-state index contributed by atoms with van der Waals surface area (Å²) in [7, 11) is 0. The van der Waals surface area contributed by atoms with Gasteiger partial charge in [0.2, 0.25) is 5.91 Å². The number of amides is 2. The molecule has 0 aromatic carbocycles. The fourth-order valence-corrected chi connectivity index (χ4v) is 2.12. The number of halogens is 1. The number of nitrogens with zero attached hydrogens (tertiary/aromatic N) is 1. The van der Waals surface area contributed by atoms with E-state index in [1.54, 1.807) is 6.07 Å². The number of hydrogen-bond acceptors (Lipinski definition) is 4. The quantitative estimate of drug-likeness (QED) is 0.762. The molecule has 3 N–H and O–H groups in total. The van der Waals surface area contributed by atoms with Gasteiger partial charge in [-0.05, 0) is 12.5 Å². The van der Waals surface area contributed by atoms with Crippen molar-refractivity contribution >= 4 is 29.2 Å². The zero-order valence-electron chi connectivity index (χ0n) is 11.2. The molecule has 0 bridgehead atoms. The third kappa shape index (κ3) is 3.60. The van der Waals surface area contributed by atoms with Crippen LogP contribution in [0.1, 0.15) is 30.1 Å². The van der Waals surface area contributed by atoms with Gasteiger partial charge in [-0.15, -0.1) is 0 Å². The topological polar surface area (TPSA) is 83.1 Å². The second-order valence-corrected chi connectivity index (χ2v) is 5.06. The summed E-state index contributed by atoms with van der Waals surface area (Å²) in [6.07, 6.45) is 2.71. The van der Waals surface area contributed by atoms with Gasteiger partial charge in [0, 0.05) is 25.7 Å². The first-order valence-electron chi connectivity index (χ1n) is 6.57. The monoisotopic (exact) mass is 296 g/mol. The van der Waals surface area contributed by atoms with Gasteiger partial charge in [0.05, 0.1) is 16.6 Å². The lowest BCUT2D eigenvalue weighted by Crippen LogP contribution is -2.36. The Bertz CT molecular complexity index is 521. The van der Waals surface area contributed by atoms with E-state index in [1.807, 2.05) is 6.92 Å². The van der Waals surface area contributed by atoms with Gasteiger partial charge in [-0.3, -0.25) is 9.59 Å². The molecule has 2 heterocycles. The summed E-state index contributed by atoms with van der Waals surface area (Å²) in [4.78, 5) is 27.4. The van der Waals surface area contributed by atoms with E-state index in [0.29, 0.717) is 29.4 Å². The van der Waals surface area contributed by atoms with Gasteiger partial charge in [-0.1, -0.05) is 18.5 Å². The summed E-state index contributed by atoms with van der Waals surface area (Å²) in [5.41, 5.74) is 0.361. The summed E-state index contributed by atoms with van der Waals surface area (Å²) >= 11 is 6.01. The van der Waals surface area contributed by atoms with E-state index < -0.39 is 0 Å². The molecule has 2 amide bonds. The Kier molecular flexibility index (Phi) is 4.79. The number of anilines is 1. The van der Waals surface area contributed by atoms with Crippen LogP contribution in [0.5, 0.6) is 0 Å². The van der Waals surface area contributed by atoms with Crippen molar-refractivity contribution in [3.63, 3.8) is 0 Å². The second kappa shape index (κ2) is 6.56. The minimum Gasteiger partial charge on any atom is -0.370 e. The molecule has 1 aliphatic rings. The molecule has 1 aromatic heterocycles. The highest BCUT2D eigenvalue weighted by Gasteiger charge is 2.24. The van der Waals surface area contributed by atoms with Crippen molar-refractivity contribution in [2.75, 3.05) is 18.4 Å². The van der Waals surface area contributed by atoms with Crippen LogP contribution in [0.4, 0.5) is 5.82 Å². The summed E-state index contributed by atoms with van der Waals surface area (Å²) in [6.45, 7) is 3.27. The number of carbonyl (C=O) groups is 2. The first-order valence-corrected chi connectivity index (χ1v) is 6.95. The van der Waals surface area contributed by atoms with Gasteiger partial charge in [0.1, 0.15) is 5.82 Å². The molecule has 1 fully saturated rings. The Labute approximate surface area is 122 Å². The van der Waals surface area contributed by atoms with Crippen LogP contribution in [0.25, 0.3) is 0 Å². The number of rotatable bonds is 5. The first kappa shape index (κ1) is 14.6. The van der Waals surface area contributed by atoms with E-state index in [1.165, 1.54) is 6.20 Å². The molecule has 1 atom stereocenters. The van der Waals surface area contributed by atoms with Crippen LogP contribution in [-0.2, 0) is 4.79 Å². The van der Waals surface area contributed by atoms with Crippen molar-refractivity contribution in [3.05, 3.63) is 22.8 Å². The van der Waals surface area contributed by atoms with Crippen molar-refractivity contribution in [1.82, 2.24) is 15.6 Å². The minimum atomic E-state index is -0.293. The number of hydrogen-bond donors (Lipinski definition) is 3. The molecule has 0 saturated carbocycles. The number of pyridine rings is 1. The summed E-state index contributed by atoms with van der Waals surface area (Å²) in [6, 6.07) is 1.43. The summed E-state index contributed by atoms with van der Waals surface area (Å²) in [5.74, 6) is 0.266. The van der Waals surface area contributed by atoms with Gasteiger partial charge < -0.3 is 16.0 Å². The average molecular weight is 297 g/mol. The Balaban J connectivity index is 2.06. The zero-order valence-corrected chi connectivity index (χ0v) is 12.0. The van der Waals surface area contributed by atoms with Crippen LogP contribution < -0.4 is 16.0 Å². The van der Waals surface area contributed by atoms with Crippen molar-refractivity contribution in [3.8, 4) is 0 Å². The molecule has 7 heteroatoms. The maximum Gasteiger partial charge on any atom is 0.253 e. The van der Waals surface area contributed by atoms with E-state index >= 15 is 0 Å². The molecule has 2 rings (SSSR count). The smallest absolute Gasteiger partial charge is 0.253 e. The third-order valence-corrected chi connectivity index (χ3v) is 3.27. The van der Waals surface area contributed by atoms with Crippen LogP contribution in [-0.4, -0.2) is 35.9 Å². The predicted octanol–water partition coefficient (Wildman–Crippen LogP) is 1.18. The lowest BCUT2D eigenvalue weighted by Gasteiger charge is -2.12. The summed E-state index contributed by atoms with van der Waals surface area (Å²) in [5, 5.41) is 8.85. The number of carbonyl (C=O) groups excluding carboxylic acids is 2. The molecule has 20 heavy (non-hydrogen) atoms. The van der Waals surface area contributed by atoms with Crippen LogP contribution in [0, 0.1) is 0 Å². The number of nitrogens with one attached hydrogen (secondary N) is 3. The second-order valence-electron chi connectivity index (χ2n) is 4.65. The van der Waals surface area contributed by atoms with Crippen LogP contribution in [0.15, 0.2) is 12.3 Å². The first-order chi connectivity index (χ1) is 9.60. The van der Waals surface area contributed by atoms with Crippen molar-refractivity contribution in [2.45, 2.75) is 25.8 Å². The van der Waals surface area contributed by atoms with Crippen LogP contribution >= 0.6 is 11.6 Å². The van der Waals surface area contributed by atoms with Gasteiger partial charge >= 0.3 is 0 Å². The molecule has 0 spiro atoms. The standard InChI is InChI=1S/C13H17ClN4O2/c1-2-3-15-11-5-9(10(14)7-16-11)13(20)18-8-4-12(19)17-6-8/h5,7-8H,2-4,6H2,1H3,(H,15,16)(H,17,19)(H,18,20). The molecular weight excluding hydrogens is 280 g/mol. The SMILES string of the molecule is CCCNc1cc(C(=O)NC2CNC(=O)C2)c(Cl)cn1. The highest BCUT2D eigenvalue weighted by Crippen LogP contribution is 2.18. The Morgan fingerprint density at radius 3 is 3.05 bits per heavy atom. The highest BCUT2D eigenvalue weighted by molar-refractivity contribution is 6.33.